The van der Waals surface area contributed by atoms with Crippen LogP contribution in [0.4, 0.5) is 5.82 Å². The van der Waals surface area contributed by atoms with Crippen molar-refractivity contribution in [3.63, 3.8) is 0 Å². The Balaban J connectivity index is 1.70. The molecule has 2 aromatic heterocycles. The van der Waals surface area contributed by atoms with Gasteiger partial charge in [0, 0.05) is 18.0 Å². The molecular formula is C16H22N4OS2. The Bertz CT molecular complexity index is 720. The van der Waals surface area contributed by atoms with E-state index in [1.54, 1.807) is 11.3 Å². The van der Waals surface area contributed by atoms with Crippen molar-refractivity contribution in [3.05, 3.63) is 10.4 Å². The third-order valence-electron chi connectivity index (χ3n) is 4.32. The van der Waals surface area contributed by atoms with E-state index in [2.05, 4.69) is 16.9 Å². The summed E-state index contributed by atoms with van der Waals surface area (Å²) in [6.45, 7) is 5.87. The number of thiophene rings is 1. The highest BCUT2D eigenvalue weighted by atomic mass is 32.2. The van der Waals surface area contributed by atoms with Gasteiger partial charge in [0.1, 0.15) is 10.6 Å². The van der Waals surface area contributed by atoms with Crippen molar-refractivity contribution in [2.75, 3.05) is 24.6 Å². The van der Waals surface area contributed by atoms with E-state index in [4.69, 9.17) is 5.73 Å². The van der Waals surface area contributed by atoms with Gasteiger partial charge in [0.25, 0.3) is 0 Å². The first-order chi connectivity index (χ1) is 11.1. The first-order valence-corrected chi connectivity index (χ1v) is 9.80. The fraction of sp³-hybridized carbons (Fsp3) is 0.562. The number of anilines is 1. The molecule has 2 aromatic rings. The highest BCUT2D eigenvalue weighted by Crippen LogP contribution is 2.33. The normalized spacial score (nSPS) is 15.8. The summed E-state index contributed by atoms with van der Waals surface area (Å²) >= 11 is 3.02. The maximum absolute atomic E-state index is 12.4. The zero-order valence-corrected chi connectivity index (χ0v) is 15.2. The number of carbonyl (C=O) groups excluding carboxylic acids is 1. The predicted octanol–water partition coefficient (Wildman–Crippen LogP) is 3.39. The van der Waals surface area contributed by atoms with Crippen molar-refractivity contribution in [1.29, 1.82) is 0 Å². The number of nitrogens with zero attached hydrogens (tertiary/aromatic N) is 3. The van der Waals surface area contributed by atoms with Crippen molar-refractivity contribution >= 4 is 45.0 Å². The molecule has 0 radical (unpaired) electrons. The van der Waals surface area contributed by atoms with Gasteiger partial charge in [-0.25, -0.2) is 9.97 Å². The van der Waals surface area contributed by atoms with E-state index in [0.717, 1.165) is 41.7 Å². The van der Waals surface area contributed by atoms with Crippen molar-refractivity contribution in [2.24, 2.45) is 0 Å². The van der Waals surface area contributed by atoms with Crippen LogP contribution >= 0.6 is 23.1 Å². The van der Waals surface area contributed by atoms with Crippen LogP contribution in [-0.2, 0) is 4.79 Å². The zero-order chi connectivity index (χ0) is 16.4. The van der Waals surface area contributed by atoms with Crippen LogP contribution in [0.5, 0.6) is 0 Å². The molecule has 3 heterocycles. The number of thioether (sulfide) groups is 1. The maximum atomic E-state index is 12.4. The number of rotatable bonds is 3. The number of fused-ring (bicyclic) bond motifs is 1. The molecule has 124 valence electrons. The van der Waals surface area contributed by atoms with Crippen LogP contribution in [0, 0.1) is 13.8 Å². The molecule has 1 fully saturated rings. The van der Waals surface area contributed by atoms with Crippen LogP contribution in [0.15, 0.2) is 5.16 Å². The average Bonchev–Trinajstić information content (AvgIpc) is 2.73. The molecule has 0 bridgehead atoms. The number of aryl methyl sites for hydroxylation is 2. The molecule has 1 amide bonds. The van der Waals surface area contributed by atoms with E-state index in [1.165, 1.54) is 29.5 Å². The van der Waals surface area contributed by atoms with Crippen molar-refractivity contribution in [2.45, 2.75) is 44.7 Å². The van der Waals surface area contributed by atoms with Crippen LogP contribution in [0.2, 0.25) is 0 Å². The summed E-state index contributed by atoms with van der Waals surface area (Å²) in [5, 5.41) is 1.55. The fourth-order valence-corrected chi connectivity index (χ4v) is 4.71. The number of nitrogen functional groups attached to an aromatic ring is 1. The second kappa shape index (κ2) is 7.05. The summed E-state index contributed by atoms with van der Waals surface area (Å²) in [6, 6.07) is 0. The van der Waals surface area contributed by atoms with Gasteiger partial charge in [-0.05, 0) is 32.3 Å². The topological polar surface area (TPSA) is 72.1 Å². The predicted molar refractivity (Wildman–Crippen MR) is 97.1 cm³/mol. The second-order valence-corrected chi connectivity index (χ2v) is 8.08. The lowest BCUT2D eigenvalue weighted by molar-refractivity contribution is -0.128. The largest absolute Gasteiger partial charge is 0.383 e. The smallest absolute Gasteiger partial charge is 0.233 e. The van der Waals surface area contributed by atoms with E-state index in [1.807, 2.05) is 11.8 Å². The molecular weight excluding hydrogens is 328 g/mol. The third kappa shape index (κ3) is 3.61. The van der Waals surface area contributed by atoms with Crippen molar-refractivity contribution in [3.8, 4) is 0 Å². The minimum absolute atomic E-state index is 0.178. The Kier molecular flexibility index (Phi) is 5.06. The highest BCUT2D eigenvalue weighted by Gasteiger charge is 2.17. The minimum atomic E-state index is 0.178. The van der Waals surface area contributed by atoms with Gasteiger partial charge in [0.05, 0.1) is 11.1 Å². The van der Waals surface area contributed by atoms with Crippen LogP contribution in [0.1, 0.15) is 36.1 Å². The van der Waals surface area contributed by atoms with Crippen LogP contribution < -0.4 is 5.73 Å². The van der Waals surface area contributed by atoms with Crippen LogP contribution in [0.3, 0.4) is 0 Å². The van der Waals surface area contributed by atoms with Crippen molar-refractivity contribution < 1.29 is 4.79 Å². The Labute approximate surface area is 144 Å². The van der Waals surface area contributed by atoms with E-state index in [9.17, 15) is 4.79 Å². The van der Waals surface area contributed by atoms with Gasteiger partial charge in [0.15, 0.2) is 5.16 Å². The Morgan fingerprint density at radius 1 is 1.22 bits per heavy atom. The van der Waals surface area contributed by atoms with E-state index < -0.39 is 0 Å². The minimum Gasteiger partial charge on any atom is -0.383 e. The van der Waals surface area contributed by atoms with Gasteiger partial charge in [-0.1, -0.05) is 24.6 Å². The number of likely N-dealkylation sites (tertiary alicyclic amines) is 1. The van der Waals surface area contributed by atoms with Crippen LogP contribution in [0.25, 0.3) is 10.2 Å². The number of carbonyl (C=O) groups is 1. The number of amides is 1. The SMILES string of the molecule is Cc1sc2nc(SCC(=O)N3CCCCCC3)nc(N)c2c1C. The van der Waals surface area contributed by atoms with Gasteiger partial charge >= 0.3 is 0 Å². The monoisotopic (exact) mass is 350 g/mol. The second-order valence-electron chi connectivity index (χ2n) is 5.94. The summed E-state index contributed by atoms with van der Waals surface area (Å²) in [6.07, 6.45) is 4.67. The molecule has 0 unspecified atom stereocenters. The molecule has 3 rings (SSSR count). The quantitative estimate of drug-likeness (QED) is 0.678. The first kappa shape index (κ1) is 16.5. The summed E-state index contributed by atoms with van der Waals surface area (Å²) in [5.74, 6) is 1.08. The molecule has 0 aliphatic carbocycles. The summed E-state index contributed by atoms with van der Waals surface area (Å²) in [7, 11) is 0. The molecule has 1 saturated heterocycles. The van der Waals surface area contributed by atoms with Gasteiger partial charge in [-0.3, -0.25) is 4.79 Å². The standard InChI is InChI=1S/C16H22N4OS2/c1-10-11(2)23-15-13(10)14(17)18-16(19-15)22-9-12(21)20-7-5-3-4-6-8-20/h3-9H2,1-2H3,(H2,17,18,19). The lowest BCUT2D eigenvalue weighted by Gasteiger charge is -2.19. The number of hydrogen-bond donors (Lipinski definition) is 1. The number of hydrogen-bond acceptors (Lipinski definition) is 6. The summed E-state index contributed by atoms with van der Waals surface area (Å²) < 4.78 is 0. The number of nitrogens with two attached hydrogens (primary N) is 1. The molecule has 0 aromatic carbocycles. The number of aromatic nitrogens is 2. The molecule has 0 saturated carbocycles. The molecule has 0 spiro atoms. The lowest BCUT2D eigenvalue weighted by atomic mass is 10.2. The van der Waals surface area contributed by atoms with Gasteiger partial charge in [0.2, 0.25) is 5.91 Å². The Morgan fingerprint density at radius 2 is 1.91 bits per heavy atom. The molecule has 0 atom stereocenters. The van der Waals surface area contributed by atoms with E-state index in [-0.39, 0.29) is 5.91 Å². The third-order valence-corrected chi connectivity index (χ3v) is 6.25. The average molecular weight is 351 g/mol. The van der Waals surface area contributed by atoms with Crippen LogP contribution in [-0.4, -0.2) is 39.6 Å². The molecule has 23 heavy (non-hydrogen) atoms. The summed E-state index contributed by atoms with van der Waals surface area (Å²) in [4.78, 5) is 25.4. The zero-order valence-electron chi connectivity index (χ0n) is 13.6. The molecule has 1 aliphatic heterocycles. The van der Waals surface area contributed by atoms with Gasteiger partial charge in [-0.15, -0.1) is 11.3 Å². The Morgan fingerprint density at radius 3 is 2.61 bits per heavy atom. The molecule has 7 heteroatoms. The van der Waals surface area contributed by atoms with Gasteiger partial charge in [-0.2, -0.15) is 0 Å². The maximum Gasteiger partial charge on any atom is 0.233 e. The first-order valence-electron chi connectivity index (χ1n) is 8.00. The molecule has 5 nitrogen and oxygen atoms in total. The molecule has 2 N–H and O–H groups in total. The fourth-order valence-electron chi connectivity index (χ4n) is 2.86. The van der Waals surface area contributed by atoms with Gasteiger partial charge < -0.3 is 10.6 Å². The van der Waals surface area contributed by atoms with E-state index >= 15 is 0 Å². The lowest BCUT2D eigenvalue weighted by Crippen LogP contribution is -2.33. The molecule has 1 aliphatic rings. The summed E-state index contributed by atoms with van der Waals surface area (Å²) in [5.41, 5.74) is 7.24. The highest BCUT2D eigenvalue weighted by molar-refractivity contribution is 7.99. The van der Waals surface area contributed by atoms with Crippen molar-refractivity contribution in [1.82, 2.24) is 14.9 Å². The Hall–Kier alpha value is -1.34. The van der Waals surface area contributed by atoms with E-state index in [0.29, 0.717) is 16.7 Å².